The van der Waals surface area contributed by atoms with Crippen molar-refractivity contribution >= 4 is 5.91 Å². The maximum atomic E-state index is 11.9. The third-order valence-electron chi connectivity index (χ3n) is 3.30. The Morgan fingerprint density at radius 1 is 1.60 bits per heavy atom. The number of nitrogens with two attached hydrogens (primary N) is 1. The molecular formula is C11H20N2O2. The van der Waals surface area contributed by atoms with Crippen molar-refractivity contribution in [2.24, 2.45) is 5.73 Å². The summed E-state index contributed by atoms with van der Waals surface area (Å²) in [5.41, 5.74) is 5.66. The van der Waals surface area contributed by atoms with Crippen molar-refractivity contribution in [3.8, 4) is 0 Å². The minimum Gasteiger partial charge on any atom is -0.374 e. The Hall–Kier alpha value is -0.610. The molecule has 1 aliphatic carbocycles. The smallest absolute Gasteiger partial charge is 0.224 e. The third-order valence-corrected chi connectivity index (χ3v) is 3.30. The van der Waals surface area contributed by atoms with E-state index in [0.717, 1.165) is 19.4 Å². The first-order valence-electron chi connectivity index (χ1n) is 5.85. The quantitative estimate of drug-likeness (QED) is 0.725. The number of morpholine rings is 1. The second kappa shape index (κ2) is 4.49. The Balaban J connectivity index is 1.98. The maximum absolute atomic E-state index is 11.9. The number of ether oxygens (including phenoxy) is 1. The highest BCUT2D eigenvalue weighted by Crippen LogP contribution is 2.29. The summed E-state index contributed by atoms with van der Waals surface area (Å²) in [5, 5.41) is 0. The van der Waals surface area contributed by atoms with E-state index in [9.17, 15) is 4.79 Å². The topological polar surface area (TPSA) is 55.6 Å². The van der Waals surface area contributed by atoms with Crippen LogP contribution in [0.3, 0.4) is 0 Å². The normalized spacial score (nSPS) is 32.5. The average molecular weight is 212 g/mol. The Kier molecular flexibility index (Phi) is 3.26. The fourth-order valence-corrected chi connectivity index (χ4v) is 2.63. The first-order valence-corrected chi connectivity index (χ1v) is 5.85. The summed E-state index contributed by atoms with van der Waals surface area (Å²) in [7, 11) is 0. The average Bonchev–Trinajstić information content (AvgIpc) is 2.63. The van der Waals surface area contributed by atoms with E-state index >= 15 is 0 Å². The van der Waals surface area contributed by atoms with Crippen molar-refractivity contribution in [1.29, 1.82) is 0 Å². The molecule has 0 spiro atoms. The first kappa shape index (κ1) is 10.9. The number of hydrogen-bond donors (Lipinski definition) is 1. The van der Waals surface area contributed by atoms with E-state index in [-0.39, 0.29) is 18.1 Å². The van der Waals surface area contributed by atoms with Crippen molar-refractivity contribution in [2.75, 3.05) is 13.2 Å². The van der Waals surface area contributed by atoms with Crippen LogP contribution >= 0.6 is 0 Å². The van der Waals surface area contributed by atoms with Crippen LogP contribution in [0.2, 0.25) is 0 Å². The van der Waals surface area contributed by atoms with Gasteiger partial charge in [0.15, 0.2) is 0 Å². The monoisotopic (exact) mass is 212 g/mol. The van der Waals surface area contributed by atoms with Crippen LogP contribution < -0.4 is 5.73 Å². The Morgan fingerprint density at radius 2 is 2.40 bits per heavy atom. The molecule has 2 aliphatic rings. The fourth-order valence-electron chi connectivity index (χ4n) is 2.63. The second-order valence-corrected chi connectivity index (χ2v) is 4.68. The molecule has 1 heterocycles. The predicted octanol–water partition coefficient (Wildman–Crippen LogP) is 0.504. The van der Waals surface area contributed by atoms with Gasteiger partial charge in [0.2, 0.25) is 5.91 Å². The van der Waals surface area contributed by atoms with E-state index in [4.69, 9.17) is 10.5 Å². The molecule has 3 atom stereocenters. The molecule has 0 aromatic rings. The van der Waals surface area contributed by atoms with Crippen LogP contribution in [0.5, 0.6) is 0 Å². The zero-order valence-corrected chi connectivity index (χ0v) is 9.32. The van der Waals surface area contributed by atoms with E-state index in [2.05, 4.69) is 0 Å². The van der Waals surface area contributed by atoms with Gasteiger partial charge >= 0.3 is 0 Å². The van der Waals surface area contributed by atoms with Crippen LogP contribution in [0, 0.1) is 0 Å². The van der Waals surface area contributed by atoms with Crippen molar-refractivity contribution in [1.82, 2.24) is 4.90 Å². The van der Waals surface area contributed by atoms with Gasteiger partial charge < -0.3 is 15.4 Å². The van der Waals surface area contributed by atoms with Crippen LogP contribution in [0.15, 0.2) is 0 Å². The Morgan fingerprint density at radius 3 is 3.13 bits per heavy atom. The standard InChI is InChI=1S/C11H20N2O2/c1-8(12)7-11(14)13-5-6-15-10-4-2-3-9(10)13/h8-10H,2-7,12H2,1H3. The molecular weight excluding hydrogens is 192 g/mol. The van der Waals surface area contributed by atoms with Gasteiger partial charge in [-0.25, -0.2) is 0 Å². The molecule has 2 N–H and O–H groups in total. The molecule has 0 radical (unpaired) electrons. The van der Waals surface area contributed by atoms with Gasteiger partial charge in [0.1, 0.15) is 0 Å². The molecule has 0 bridgehead atoms. The number of carbonyl (C=O) groups excluding carboxylic acids is 1. The van der Waals surface area contributed by atoms with Gasteiger partial charge in [0, 0.05) is 19.0 Å². The van der Waals surface area contributed by atoms with Crippen molar-refractivity contribution in [2.45, 2.75) is 50.8 Å². The summed E-state index contributed by atoms with van der Waals surface area (Å²) in [6, 6.07) is 0.283. The highest BCUT2D eigenvalue weighted by molar-refractivity contribution is 5.77. The fraction of sp³-hybridized carbons (Fsp3) is 0.909. The lowest BCUT2D eigenvalue weighted by molar-refractivity contribution is -0.144. The van der Waals surface area contributed by atoms with Gasteiger partial charge in [-0.2, -0.15) is 0 Å². The number of fused-ring (bicyclic) bond motifs is 1. The minimum absolute atomic E-state index is 0.0415. The molecule has 15 heavy (non-hydrogen) atoms. The van der Waals surface area contributed by atoms with Gasteiger partial charge in [-0.15, -0.1) is 0 Å². The highest BCUT2D eigenvalue weighted by Gasteiger charge is 2.38. The molecule has 86 valence electrons. The first-order chi connectivity index (χ1) is 7.18. The zero-order chi connectivity index (χ0) is 10.8. The molecule has 1 amide bonds. The number of amides is 1. The van der Waals surface area contributed by atoms with Crippen LogP contribution in [0.4, 0.5) is 0 Å². The number of rotatable bonds is 2. The van der Waals surface area contributed by atoms with E-state index < -0.39 is 0 Å². The van der Waals surface area contributed by atoms with Crippen molar-refractivity contribution in [3.63, 3.8) is 0 Å². The molecule has 1 aliphatic heterocycles. The van der Waals surface area contributed by atoms with Crippen LogP contribution in [-0.4, -0.2) is 42.1 Å². The molecule has 2 fully saturated rings. The van der Waals surface area contributed by atoms with Gasteiger partial charge in [-0.3, -0.25) is 4.79 Å². The van der Waals surface area contributed by atoms with Crippen LogP contribution in [-0.2, 0) is 9.53 Å². The van der Waals surface area contributed by atoms with Crippen molar-refractivity contribution in [3.05, 3.63) is 0 Å². The van der Waals surface area contributed by atoms with Gasteiger partial charge in [0.25, 0.3) is 0 Å². The third kappa shape index (κ3) is 2.32. The molecule has 0 aromatic heterocycles. The Labute approximate surface area is 90.8 Å². The molecule has 2 rings (SSSR count). The summed E-state index contributed by atoms with van der Waals surface area (Å²) < 4.78 is 5.66. The molecule has 4 nitrogen and oxygen atoms in total. The molecule has 0 aromatic carbocycles. The Bertz CT molecular complexity index is 243. The number of nitrogens with zero attached hydrogens (tertiary/aromatic N) is 1. The molecule has 1 saturated carbocycles. The minimum atomic E-state index is -0.0415. The number of hydrogen-bond acceptors (Lipinski definition) is 3. The largest absolute Gasteiger partial charge is 0.374 e. The zero-order valence-electron chi connectivity index (χ0n) is 9.32. The number of carbonyl (C=O) groups is 1. The lowest BCUT2D eigenvalue weighted by atomic mass is 10.1. The predicted molar refractivity (Wildman–Crippen MR) is 57.4 cm³/mol. The van der Waals surface area contributed by atoms with E-state index in [1.165, 1.54) is 6.42 Å². The van der Waals surface area contributed by atoms with Crippen LogP contribution in [0.25, 0.3) is 0 Å². The van der Waals surface area contributed by atoms with E-state index in [0.29, 0.717) is 19.1 Å². The van der Waals surface area contributed by atoms with Crippen molar-refractivity contribution < 1.29 is 9.53 Å². The summed E-state index contributed by atoms with van der Waals surface area (Å²) in [6.45, 7) is 3.31. The summed E-state index contributed by atoms with van der Waals surface area (Å²) >= 11 is 0. The lowest BCUT2D eigenvalue weighted by Crippen LogP contribution is -2.52. The van der Waals surface area contributed by atoms with Gasteiger partial charge in [0.05, 0.1) is 18.8 Å². The van der Waals surface area contributed by atoms with Gasteiger partial charge in [-0.1, -0.05) is 0 Å². The molecule has 4 heteroatoms. The SMILES string of the molecule is CC(N)CC(=O)N1CCOC2CCCC21. The van der Waals surface area contributed by atoms with Gasteiger partial charge in [-0.05, 0) is 26.2 Å². The maximum Gasteiger partial charge on any atom is 0.224 e. The summed E-state index contributed by atoms with van der Waals surface area (Å²) in [4.78, 5) is 13.9. The molecule has 1 saturated heterocycles. The van der Waals surface area contributed by atoms with Crippen LogP contribution in [0.1, 0.15) is 32.6 Å². The second-order valence-electron chi connectivity index (χ2n) is 4.68. The summed E-state index contributed by atoms with van der Waals surface area (Å²) in [6.07, 6.45) is 4.12. The summed E-state index contributed by atoms with van der Waals surface area (Å²) in [5.74, 6) is 0.199. The molecule has 3 unspecified atom stereocenters. The highest BCUT2D eigenvalue weighted by atomic mass is 16.5. The van der Waals surface area contributed by atoms with E-state index in [1.54, 1.807) is 0 Å². The van der Waals surface area contributed by atoms with E-state index in [1.807, 2.05) is 11.8 Å². The lowest BCUT2D eigenvalue weighted by Gasteiger charge is -2.38.